The van der Waals surface area contributed by atoms with Gasteiger partial charge in [-0.3, -0.25) is 9.59 Å². The molecule has 0 radical (unpaired) electrons. The number of carbonyl (C=O) groups excluding carboxylic acids is 2. The molecule has 9 heteroatoms. The molecule has 1 amide bonds. The van der Waals surface area contributed by atoms with E-state index in [1.807, 2.05) is 6.92 Å². The van der Waals surface area contributed by atoms with Crippen LogP contribution in [0.1, 0.15) is 31.4 Å². The molecule has 1 aromatic carbocycles. The fourth-order valence-electron chi connectivity index (χ4n) is 2.59. The van der Waals surface area contributed by atoms with Gasteiger partial charge in [0.05, 0.1) is 18.4 Å². The SMILES string of the molecule is CCCCOC(=O)CN1C(=O)CS(=O)(=O)C[C@H]1c1cc(F)cc(F)c1. The lowest BCUT2D eigenvalue weighted by molar-refractivity contribution is -0.150. The lowest BCUT2D eigenvalue weighted by Crippen LogP contribution is -2.49. The summed E-state index contributed by atoms with van der Waals surface area (Å²) < 4.78 is 55.8. The molecule has 0 spiro atoms. The number of nitrogens with zero attached hydrogens (tertiary/aromatic N) is 1. The zero-order chi connectivity index (χ0) is 18.6. The van der Waals surface area contributed by atoms with Gasteiger partial charge in [0, 0.05) is 6.07 Å². The molecular weight excluding hydrogens is 356 g/mol. The Balaban J connectivity index is 2.27. The standard InChI is InChI=1S/C16H19F2NO5S/c1-2-3-4-24-16(21)8-19-14(9-25(22,23)10-15(19)20)11-5-12(17)7-13(18)6-11/h5-7,14H,2-4,8-10H2,1H3/t14-/m0/s1. The van der Waals surface area contributed by atoms with E-state index in [0.29, 0.717) is 12.5 Å². The van der Waals surface area contributed by atoms with Gasteiger partial charge in [0.25, 0.3) is 0 Å². The van der Waals surface area contributed by atoms with Gasteiger partial charge in [0.2, 0.25) is 5.91 Å². The number of hydrogen-bond donors (Lipinski definition) is 0. The largest absolute Gasteiger partial charge is 0.464 e. The van der Waals surface area contributed by atoms with Crippen LogP contribution in [-0.4, -0.2) is 49.9 Å². The molecule has 0 N–H and O–H groups in total. The maximum absolute atomic E-state index is 13.5. The molecule has 138 valence electrons. The summed E-state index contributed by atoms with van der Waals surface area (Å²) in [7, 11) is -3.73. The van der Waals surface area contributed by atoms with Gasteiger partial charge in [-0.1, -0.05) is 13.3 Å². The van der Waals surface area contributed by atoms with Gasteiger partial charge in [-0.05, 0) is 24.1 Å². The first-order valence-corrected chi connectivity index (χ1v) is 9.65. The maximum Gasteiger partial charge on any atom is 0.325 e. The number of hydrogen-bond acceptors (Lipinski definition) is 5. The first-order chi connectivity index (χ1) is 11.7. The number of ether oxygens (including phenoxy) is 1. The molecule has 25 heavy (non-hydrogen) atoms. The van der Waals surface area contributed by atoms with Gasteiger partial charge < -0.3 is 9.64 Å². The fourth-order valence-corrected chi connectivity index (χ4v) is 4.10. The molecule has 6 nitrogen and oxygen atoms in total. The van der Waals surface area contributed by atoms with E-state index >= 15 is 0 Å². The van der Waals surface area contributed by atoms with Crippen molar-refractivity contribution in [3.63, 3.8) is 0 Å². The highest BCUT2D eigenvalue weighted by atomic mass is 32.2. The minimum absolute atomic E-state index is 0.0181. The lowest BCUT2D eigenvalue weighted by atomic mass is 10.1. The molecule has 0 aliphatic carbocycles. The molecule has 0 aromatic heterocycles. The van der Waals surface area contributed by atoms with Crippen molar-refractivity contribution in [3.05, 3.63) is 35.4 Å². The number of sulfone groups is 1. The maximum atomic E-state index is 13.5. The van der Waals surface area contributed by atoms with Crippen molar-refractivity contribution in [1.29, 1.82) is 0 Å². The van der Waals surface area contributed by atoms with Crippen molar-refractivity contribution >= 4 is 21.7 Å². The summed E-state index contributed by atoms with van der Waals surface area (Å²) in [4.78, 5) is 25.1. The number of unbranched alkanes of at least 4 members (excludes halogenated alkanes) is 1. The molecule has 0 unspecified atom stereocenters. The summed E-state index contributed by atoms with van der Waals surface area (Å²) in [5, 5.41) is 0. The molecule has 0 bridgehead atoms. The average molecular weight is 375 g/mol. The van der Waals surface area contributed by atoms with E-state index in [-0.39, 0.29) is 12.2 Å². The molecule has 1 heterocycles. The Morgan fingerprint density at radius 3 is 2.52 bits per heavy atom. The van der Waals surface area contributed by atoms with Gasteiger partial charge in [-0.2, -0.15) is 0 Å². The number of benzene rings is 1. The van der Waals surface area contributed by atoms with Crippen LogP contribution in [0.15, 0.2) is 18.2 Å². The number of halogens is 2. The number of amides is 1. The van der Waals surface area contributed by atoms with Crippen LogP contribution in [0.4, 0.5) is 8.78 Å². The molecule has 1 saturated heterocycles. The zero-order valence-corrected chi connectivity index (χ0v) is 14.5. The Hall–Kier alpha value is -2.03. The minimum Gasteiger partial charge on any atom is -0.464 e. The van der Waals surface area contributed by atoms with Gasteiger partial charge in [-0.15, -0.1) is 0 Å². The van der Waals surface area contributed by atoms with Crippen molar-refractivity contribution in [1.82, 2.24) is 4.90 Å². The quantitative estimate of drug-likeness (QED) is 0.557. The highest BCUT2D eigenvalue weighted by molar-refractivity contribution is 7.92. The summed E-state index contributed by atoms with van der Waals surface area (Å²) in [6.07, 6.45) is 1.48. The van der Waals surface area contributed by atoms with Crippen molar-refractivity contribution in [3.8, 4) is 0 Å². The summed E-state index contributed by atoms with van der Waals surface area (Å²) in [6, 6.07) is 1.41. The van der Waals surface area contributed by atoms with Crippen molar-refractivity contribution in [2.75, 3.05) is 24.7 Å². The van der Waals surface area contributed by atoms with Gasteiger partial charge >= 0.3 is 5.97 Å². The second-order valence-corrected chi connectivity index (χ2v) is 7.98. The van der Waals surface area contributed by atoms with E-state index in [0.717, 1.165) is 23.5 Å². The van der Waals surface area contributed by atoms with E-state index in [2.05, 4.69) is 0 Å². The second kappa shape index (κ2) is 7.90. The molecule has 1 atom stereocenters. The third-order valence-corrected chi connectivity index (χ3v) is 5.29. The Kier molecular flexibility index (Phi) is 6.10. The predicted molar refractivity (Wildman–Crippen MR) is 85.3 cm³/mol. The monoisotopic (exact) mass is 375 g/mol. The third kappa shape index (κ3) is 5.22. The zero-order valence-electron chi connectivity index (χ0n) is 13.7. The Bertz CT molecular complexity index is 746. The summed E-state index contributed by atoms with van der Waals surface area (Å²) in [5.41, 5.74) is -0.0181. The summed E-state index contributed by atoms with van der Waals surface area (Å²) in [6.45, 7) is 1.64. The Morgan fingerprint density at radius 2 is 1.92 bits per heavy atom. The van der Waals surface area contributed by atoms with E-state index < -0.39 is 57.4 Å². The van der Waals surface area contributed by atoms with Crippen LogP contribution in [-0.2, 0) is 24.2 Å². The molecule has 1 aromatic rings. The van der Waals surface area contributed by atoms with Crippen molar-refractivity contribution in [2.45, 2.75) is 25.8 Å². The average Bonchev–Trinajstić information content (AvgIpc) is 2.48. The number of rotatable bonds is 6. The number of esters is 1. The highest BCUT2D eigenvalue weighted by Gasteiger charge is 2.39. The Labute approximate surface area is 144 Å². The fraction of sp³-hybridized carbons (Fsp3) is 0.500. The van der Waals surface area contributed by atoms with Crippen LogP contribution >= 0.6 is 0 Å². The molecular formula is C16H19F2NO5S. The van der Waals surface area contributed by atoms with Crippen LogP contribution in [0, 0.1) is 11.6 Å². The van der Waals surface area contributed by atoms with Crippen LogP contribution in [0.2, 0.25) is 0 Å². The van der Waals surface area contributed by atoms with Crippen molar-refractivity contribution in [2.24, 2.45) is 0 Å². The molecule has 0 saturated carbocycles. The topological polar surface area (TPSA) is 80.8 Å². The van der Waals surface area contributed by atoms with Gasteiger partial charge in [0.1, 0.15) is 23.9 Å². The predicted octanol–water partition coefficient (Wildman–Crippen LogP) is 1.61. The van der Waals surface area contributed by atoms with E-state index in [1.54, 1.807) is 0 Å². The second-order valence-electron chi connectivity index (χ2n) is 5.87. The Morgan fingerprint density at radius 1 is 1.28 bits per heavy atom. The number of carbonyl (C=O) groups is 2. The smallest absolute Gasteiger partial charge is 0.325 e. The summed E-state index contributed by atoms with van der Waals surface area (Å²) >= 11 is 0. The first kappa shape index (κ1) is 19.3. The summed E-state index contributed by atoms with van der Waals surface area (Å²) in [5.74, 6) is -4.53. The highest BCUT2D eigenvalue weighted by Crippen LogP contribution is 2.28. The normalized spacial score (nSPS) is 19.7. The van der Waals surface area contributed by atoms with Crippen LogP contribution in [0.5, 0.6) is 0 Å². The first-order valence-electron chi connectivity index (χ1n) is 7.83. The van der Waals surface area contributed by atoms with E-state index in [9.17, 15) is 26.8 Å². The molecule has 1 aliphatic heterocycles. The lowest BCUT2D eigenvalue weighted by Gasteiger charge is -2.35. The van der Waals surface area contributed by atoms with Crippen molar-refractivity contribution < 1.29 is 31.5 Å². The minimum atomic E-state index is -3.73. The van der Waals surface area contributed by atoms with Crippen LogP contribution in [0.25, 0.3) is 0 Å². The van der Waals surface area contributed by atoms with E-state index in [4.69, 9.17) is 4.74 Å². The molecule has 1 fully saturated rings. The van der Waals surface area contributed by atoms with Crippen LogP contribution in [0.3, 0.4) is 0 Å². The molecule has 2 rings (SSSR count). The third-order valence-electron chi connectivity index (χ3n) is 3.78. The van der Waals surface area contributed by atoms with Gasteiger partial charge in [-0.25, -0.2) is 17.2 Å². The van der Waals surface area contributed by atoms with Gasteiger partial charge in [0.15, 0.2) is 9.84 Å². The van der Waals surface area contributed by atoms with Crippen LogP contribution < -0.4 is 0 Å². The van der Waals surface area contributed by atoms with E-state index in [1.165, 1.54) is 0 Å². The molecule has 1 aliphatic rings.